The second-order valence-electron chi connectivity index (χ2n) is 6.69. The Hall–Kier alpha value is -3.84. The molecule has 0 saturated heterocycles. The maximum Gasteiger partial charge on any atom is 0.274 e. The topological polar surface area (TPSA) is 49.0 Å². The largest absolute Gasteiger partial charge is 0.332 e. The maximum absolute atomic E-state index is 13.3. The fourth-order valence-electron chi connectivity index (χ4n) is 3.40. The first-order valence-corrected chi connectivity index (χ1v) is 9.08. The van der Waals surface area contributed by atoms with E-state index in [2.05, 4.69) is 22.8 Å². The average molecular weight is 365 g/mol. The smallest absolute Gasteiger partial charge is 0.274 e. The number of aromatic nitrogens is 1. The highest BCUT2D eigenvalue weighted by molar-refractivity contribution is 6.07. The molecule has 0 aliphatic carbocycles. The van der Waals surface area contributed by atoms with Gasteiger partial charge in [-0.1, -0.05) is 54.6 Å². The van der Waals surface area contributed by atoms with E-state index in [1.807, 2.05) is 54.6 Å². The van der Waals surface area contributed by atoms with Crippen molar-refractivity contribution in [3.05, 3.63) is 102 Å². The van der Waals surface area contributed by atoms with Crippen LogP contribution in [-0.2, 0) is 6.54 Å². The van der Waals surface area contributed by atoms with E-state index in [0.29, 0.717) is 23.5 Å². The van der Waals surface area contributed by atoms with Crippen LogP contribution < -0.4 is 4.90 Å². The fourth-order valence-corrected chi connectivity index (χ4v) is 3.40. The number of carbonyl (C=O) groups is 1. The maximum atomic E-state index is 13.3. The van der Waals surface area contributed by atoms with Crippen molar-refractivity contribution >= 4 is 22.5 Å². The Morgan fingerprint density at radius 2 is 1.71 bits per heavy atom. The summed E-state index contributed by atoms with van der Waals surface area (Å²) in [4.78, 5) is 14.9. The van der Waals surface area contributed by atoms with Crippen LogP contribution in [0.5, 0.6) is 0 Å². The lowest BCUT2D eigenvalue weighted by atomic mass is 10.2. The van der Waals surface area contributed by atoms with E-state index >= 15 is 0 Å². The summed E-state index contributed by atoms with van der Waals surface area (Å²) < 4.78 is 2.05. The van der Waals surface area contributed by atoms with Gasteiger partial charge in [0.15, 0.2) is 0 Å². The van der Waals surface area contributed by atoms with E-state index < -0.39 is 0 Å². The molecule has 4 rings (SSSR count). The lowest BCUT2D eigenvalue weighted by molar-refractivity contribution is 0.0985. The third kappa shape index (κ3) is 3.26. The van der Waals surface area contributed by atoms with Gasteiger partial charge in [-0.25, -0.2) is 0 Å². The van der Waals surface area contributed by atoms with Gasteiger partial charge in [0.2, 0.25) is 0 Å². The Labute approximate surface area is 163 Å². The number of rotatable bonds is 4. The van der Waals surface area contributed by atoms with Gasteiger partial charge in [-0.15, -0.1) is 0 Å². The van der Waals surface area contributed by atoms with E-state index in [0.717, 1.165) is 16.5 Å². The fraction of sp³-hybridized carbons (Fsp3) is 0.0833. The number of nitrogens with zero attached hydrogens (tertiary/aromatic N) is 3. The molecule has 1 heterocycles. The molecule has 0 N–H and O–H groups in total. The van der Waals surface area contributed by atoms with Crippen LogP contribution in [0, 0.1) is 11.3 Å². The monoisotopic (exact) mass is 365 g/mol. The van der Waals surface area contributed by atoms with E-state index in [-0.39, 0.29) is 5.91 Å². The summed E-state index contributed by atoms with van der Waals surface area (Å²) in [5, 5.41) is 10.2. The summed E-state index contributed by atoms with van der Waals surface area (Å²) in [6, 6.07) is 29.3. The highest BCUT2D eigenvalue weighted by atomic mass is 16.2. The van der Waals surface area contributed by atoms with Gasteiger partial charge in [0.1, 0.15) is 5.69 Å². The quantitative estimate of drug-likeness (QED) is 0.520. The van der Waals surface area contributed by atoms with Crippen molar-refractivity contribution in [2.45, 2.75) is 6.54 Å². The molecule has 1 amide bonds. The summed E-state index contributed by atoms with van der Waals surface area (Å²) in [5.41, 5.74) is 4.00. The normalized spacial score (nSPS) is 10.6. The van der Waals surface area contributed by atoms with Crippen LogP contribution in [0.15, 0.2) is 84.9 Å². The number of amides is 1. The molecule has 0 fully saturated rings. The predicted molar refractivity (Wildman–Crippen MR) is 111 cm³/mol. The third-order valence-corrected chi connectivity index (χ3v) is 4.88. The van der Waals surface area contributed by atoms with Crippen molar-refractivity contribution in [1.29, 1.82) is 5.26 Å². The summed E-state index contributed by atoms with van der Waals surface area (Å²) in [6.07, 6.45) is 0. The Bertz CT molecular complexity index is 1190. The van der Waals surface area contributed by atoms with Gasteiger partial charge in [0, 0.05) is 30.2 Å². The van der Waals surface area contributed by atoms with Crippen molar-refractivity contribution in [3.63, 3.8) is 0 Å². The zero-order chi connectivity index (χ0) is 19.5. The molecular weight excluding hydrogens is 346 g/mol. The second-order valence-corrected chi connectivity index (χ2v) is 6.69. The Kier molecular flexibility index (Phi) is 4.65. The van der Waals surface area contributed by atoms with Crippen LogP contribution in [0.4, 0.5) is 5.69 Å². The summed E-state index contributed by atoms with van der Waals surface area (Å²) in [5.74, 6) is -0.109. The van der Waals surface area contributed by atoms with Gasteiger partial charge < -0.3 is 9.47 Å². The molecule has 0 atom stereocenters. The van der Waals surface area contributed by atoms with E-state index in [1.54, 1.807) is 30.1 Å². The van der Waals surface area contributed by atoms with Crippen molar-refractivity contribution in [1.82, 2.24) is 4.57 Å². The Morgan fingerprint density at radius 1 is 0.964 bits per heavy atom. The molecule has 28 heavy (non-hydrogen) atoms. The molecule has 0 unspecified atom stereocenters. The molecule has 0 bridgehead atoms. The van der Waals surface area contributed by atoms with Gasteiger partial charge in [-0.3, -0.25) is 4.79 Å². The van der Waals surface area contributed by atoms with Gasteiger partial charge in [-0.2, -0.15) is 5.26 Å². The van der Waals surface area contributed by atoms with Crippen LogP contribution in [-0.4, -0.2) is 17.5 Å². The molecular formula is C24H19N3O. The predicted octanol–water partition coefficient (Wildman–Crippen LogP) is 4.84. The van der Waals surface area contributed by atoms with Gasteiger partial charge in [0.25, 0.3) is 5.91 Å². The Morgan fingerprint density at radius 3 is 2.50 bits per heavy atom. The SMILES string of the molecule is CN(C(=O)c1cc2ccccc2n1Cc1ccccc1)c1cccc(C#N)c1. The number of anilines is 1. The summed E-state index contributed by atoms with van der Waals surface area (Å²) in [6.45, 7) is 0.613. The van der Waals surface area contributed by atoms with Crippen molar-refractivity contribution < 1.29 is 4.79 Å². The molecule has 1 aromatic heterocycles. The van der Waals surface area contributed by atoms with Crippen LogP contribution in [0.3, 0.4) is 0 Å². The van der Waals surface area contributed by atoms with E-state index in [1.165, 1.54) is 0 Å². The first-order valence-electron chi connectivity index (χ1n) is 9.08. The molecule has 0 saturated carbocycles. The molecule has 0 aliphatic heterocycles. The van der Waals surface area contributed by atoms with Gasteiger partial charge in [-0.05, 0) is 35.9 Å². The van der Waals surface area contributed by atoms with Crippen LogP contribution >= 0.6 is 0 Å². The number of hydrogen-bond acceptors (Lipinski definition) is 2. The number of para-hydroxylation sites is 1. The van der Waals surface area contributed by atoms with Gasteiger partial charge in [0.05, 0.1) is 11.6 Å². The van der Waals surface area contributed by atoms with Crippen LogP contribution in [0.2, 0.25) is 0 Å². The molecule has 0 spiro atoms. The lowest BCUT2D eigenvalue weighted by Crippen LogP contribution is -2.28. The zero-order valence-electron chi connectivity index (χ0n) is 15.5. The minimum absolute atomic E-state index is 0.109. The molecule has 0 aliphatic rings. The van der Waals surface area contributed by atoms with Crippen LogP contribution in [0.1, 0.15) is 21.6 Å². The third-order valence-electron chi connectivity index (χ3n) is 4.88. The Balaban J connectivity index is 1.78. The minimum Gasteiger partial charge on any atom is -0.332 e. The van der Waals surface area contributed by atoms with Crippen molar-refractivity contribution in [3.8, 4) is 6.07 Å². The highest BCUT2D eigenvalue weighted by Crippen LogP contribution is 2.24. The average Bonchev–Trinajstić information content (AvgIpc) is 3.12. The molecule has 4 nitrogen and oxygen atoms in total. The molecule has 3 aromatic carbocycles. The van der Waals surface area contributed by atoms with Gasteiger partial charge >= 0.3 is 0 Å². The highest BCUT2D eigenvalue weighted by Gasteiger charge is 2.20. The van der Waals surface area contributed by atoms with Crippen molar-refractivity contribution in [2.24, 2.45) is 0 Å². The summed E-state index contributed by atoms with van der Waals surface area (Å²) in [7, 11) is 1.74. The molecule has 0 radical (unpaired) electrons. The van der Waals surface area contributed by atoms with Crippen molar-refractivity contribution in [2.75, 3.05) is 11.9 Å². The second kappa shape index (κ2) is 7.42. The minimum atomic E-state index is -0.109. The number of carbonyl (C=O) groups excluding carboxylic acids is 1. The number of hydrogen-bond donors (Lipinski definition) is 0. The molecule has 136 valence electrons. The van der Waals surface area contributed by atoms with E-state index in [9.17, 15) is 4.79 Å². The zero-order valence-corrected chi connectivity index (χ0v) is 15.5. The number of fused-ring (bicyclic) bond motifs is 1. The number of nitriles is 1. The summed E-state index contributed by atoms with van der Waals surface area (Å²) >= 11 is 0. The molecule has 4 heteroatoms. The lowest BCUT2D eigenvalue weighted by Gasteiger charge is -2.19. The first kappa shape index (κ1) is 17.6. The first-order chi connectivity index (χ1) is 13.7. The number of benzene rings is 3. The van der Waals surface area contributed by atoms with E-state index in [4.69, 9.17) is 5.26 Å². The standard InChI is InChI=1S/C24H19N3O/c1-26(21-12-7-10-19(14-21)16-25)24(28)23-15-20-11-5-6-13-22(20)27(23)17-18-8-3-2-4-9-18/h2-15H,17H2,1H3. The van der Waals surface area contributed by atoms with Crippen LogP contribution in [0.25, 0.3) is 10.9 Å². The molecule has 4 aromatic rings.